The Bertz CT molecular complexity index is 807. The van der Waals surface area contributed by atoms with E-state index in [9.17, 15) is 0 Å². The summed E-state index contributed by atoms with van der Waals surface area (Å²) in [4.78, 5) is 0. The first-order valence-electron chi connectivity index (χ1n) is 14.8. The van der Waals surface area contributed by atoms with E-state index in [-0.39, 0.29) is 32.7 Å². The molecule has 0 aromatic rings. The Hall–Kier alpha value is 0.764. The molecule has 5 fully saturated rings. The Morgan fingerprint density at radius 2 is 1.63 bits per heavy atom. The number of hydrogen-bond acceptors (Lipinski definition) is 2. The molecule has 5 saturated carbocycles. The summed E-state index contributed by atoms with van der Waals surface area (Å²) in [5.41, 5.74) is 10.6. The van der Waals surface area contributed by atoms with E-state index in [1.54, 1.807) is 0 Å². The van der Waals surface area contributed by atoms with Crippen LogP contribution in [0.4, 0.5) is 0 Å². The van der Waals surface area contributed by atoms with Crippen LogP contribution < -0.4 is 10.9 Å². The summed E-state index contributed by atoms with van der Waals surface area (Å²) in [6.45, 7) is 21.4. The van der Waals surface area contributed by atoms with Crippen LogP contribution in [0.5, 0.6) is 0 Å². The van der Waals surface area contributed by atoms with Crippen molar-refractivity contribution in [1.29, 1.82) is 0 Å². The second-order valence-electron chi connectivity index (χ2n) is 15.0. The third-order valence-electron chi connectivity index (χ3n) is 13.7. The molecule has 3 heteroatoms. The first kappa shape index (κ1) is 28.8. The Balaban J connectivity index is 0.00000289. The van der Waals surface area contributed by atoms with Gasteiger partial charge in [0.2, 0.25) is 0 Å². The van der Waals surface area contributed by atoms with E-state index in [4.69, 9.17) is 0 Å². The maximum absolute atomic E-state index is 4.56. The standard InChI is InChI=1S/C32H55N2.Y/c1-22(2)23-12-17-32(20-21-34-33-8)19-18-30(6)24(27(23)32)10-11-26-29(5)15-9-14-28(3,4)25(29)13-16-31(26,30)7;/h14,23-27,33-34H,1,9-13,15-21H2,2-8H3;/q-1;. The van der Waals surface area contributed by atoms with Gasteiger partial charge in [-0.15, -0.1) is 0 Å². The number of rotatable bonds is 5. The molecule has 5 rings (SSSR count). The summed E-state index contributed by atoms with van der Waals surface area (Å²) in [5, 5.41) is 0. The minimum Gasteiger partial charge on any atom is -0.323 e. The van der Waals surface area contributed by atoms with Crippen LogP contribution in [0.1, 0.15) is 112 Å². The van der Waals surface area contributed by atoms with E-state index in [2.05, 4.69) is 65.4 Å². The molecule has 0 bridgehead atoms. The zero-order chi connectivity index (χ0) is 24.6. The van der Waals surface area contributed by atoms with Gasteiger partial charge in [0.05, 0.1) is 0 Å². The number of fused-ring (bicyclic) bond motifs is 7. The van der Waals surface area contributed by atoms with Crippen LogP contribution in [-0.4, -0.2) is 13.6 Å². The minimum absolute atomic E-state index is 0. The van der Waals surface area contributed by atoms with Gasteiger partial charge < -0.3 is 6.42 Å². The van der Waals surface area contributed by atoms with E-state index in [0.29, 0.717) is 27.1 Å². The SMILES string of the molecule is C=C(C)C1CCC2(CCNNC)CCC3(C)C(CCC4C5(C)CC[CH-]C(C)(C)C5CCC43C)C12.[Y]. The minimum atomic E-state index is 0. The molecule has 197 valence electrons. The van der Waals surface area contributed by atoms with Crippen LogP contribution in [0.25, 0.3) is 0 Å². The Morgan fingerprint density at radius 1 is 0.886 bits per heavy atom. The zero-order valence-corrected chi connectivity index (χ0v) is 27.1. The van der Waals surface area contributed by atoms with Gasteiger partial charge in [-0.3, -0.25) is 10.9 Å². The molecule has 0 aliphatic heterocycles. The molecule has 0 spiro atoms. The zero-order valence-electron chi connectivity index (χ0n) is 24.2. The normalized spacial score (nSPS) is 50.2. The molecule has 5 aliphatic carbocycles. The first-order chi connectivity index (χ1) is 16.0. The predicted octanol–water partition coefficient (Wildman–Crippen LogP) is 7.96. The fraction of sp³-hybridized carbons (Fsp3) is 0.906. The summed E-state index contributed by atoms with van der Waals surface area (Å²) >= 11 is 0. The van der Waals surface area contributed by atoms with Crippen molar-refractivity contribution in [2.75, 3.05) is 13.6 Å². The number of nitrogens with one attached hydrogen (secondary N) is 2. The summed E-state index contributed by atoms with van der Waals surface area (Å²) in [6, 6.07) is 0. The van der Waals surface area contributed by atoms with Crippen LogP contribution in [0.3, 0.4) is 0 Å². The molecule has 9 unspecified atom stereocenters. The molecule has 2 N–H and O–H groups in total. The van der Waals surface area contributed by atoms with Gasteiger partial charge in [-0.2, -0.15) is 11.8 Å². The van der Waals surface area contributed by atoms with Crippen LogP contribution in [-0.2, 0) is 32.7 Å². The summed E-state index contributed by atoms with van der Waals surface area (Å²) in [7, 11) is 2.02. The Morgan fingerprint density at radius 3 is 2.31 bits per heavy atom. The summed E-state index contributed by atoms with van der Waals surface area (Å²) < 4.78 is 0. The van der Waals surface area contributed by atoms with Gasteiger partial charge in [-0.25, -0.2) is 0 Å². The fourth-order valence-corrected chi connectivity index (χ4v) is 12.0. The van der Waals surface area contributed by atoms with Gasteiger partial charge in [0, 0.05) is 39.3 Å². The Labute approximate surface area is 243 Å². The molecule has 0 amide bonds. The molecule has 2 nitrogen and oxygen atoms in total. The number of hydrazine groups is 1. The van der Waals surface area contributed by atoms with Crippen LogP contribution >= 0.6 is 0 Å². The molecule has 0 heterocycles. The average Bonchev–Trinajstić information content (AvgIpc) is 3.14. The van der Waals surface area contributed by atoms with Crippen molar-refractivity contribution < 1.29 is 32.7 Å². The smallest absolute Gasteiger partial charge is 0.0105 e. The molecule has 35 heavy (non-hydrogen) atoms. The fourth-order valence-electron chi connectivity index (χ4n) is 12.0. The second kappa shape index (κ2) is 9.75. The summed E-state index contributed by atoms with van der Waals surface area (Å²) in [5.74, 6) is 4.24. The van der Waals surface area contributed by atoms with Gasteiger partial charge >= 0.3 is 0 Å². The molecule has 0 saturated heterocycles. The number of hydrogen-bond donors (Lipinski definition) is 2. The monoisotopic (exact) mass is 556 g/mol. The van der Waals surface area contributed by atoms with Gasteiger partial charge in [0.1, 0.15) is 0 Å². The van der Waals surface area contributed by atoms with Crippen molar-refractivity contribution in [3.63, 3.8) is 0 Å². The summed E-state index contributed by atoms with van der Waals surface area (Å²) in [6.07, 6.45) is 18.3. The average molecular weight is 557 g/mol. The second-order valence-corrected chi connectivity index (χ2v) is 15.0. The topological polar surface area (TPSA) is 24.1 Å². The third kappa shape index (κ3) is 4.07. The van der Waals surface area contributed by atoms with Crippen LogP contribution in [0, 0.1) is 63.1 Å². The molecule has 9 atom stereocenters. The van der Waals surface area contributed by atoms with E-state index < -0.39 is 0 Å². The van der Waals surface area contributed by atoms with Gasteiger partial charge in [-0.1, -0.05) is 65.5 Å². The van der Waals surface area contributed by atoms with Crippen molar-refractivity contribution in [3.05, 3.63) is 18.6 Å². The van der Waals surface area contributed by atoms with Crippen molar-refractivity contribution in [2.45, 2.75) is 112 Å². The van der Waals surface area contributed by atoms with Crippen molar-refractivity contribution >= 4 is 0 Å². The molecule has 0 aromatic heterocycles. The maximum atomic E-state index is 4.56. The molecular weight excluding hydrogens is 501 g/mol. The van der Waals surface area contributed by atoms with E-state index >= 15 is 0 Å². The van der Waals surface area contributed by atoms with Gasteiger partial charge in [0.15, 0.2) is 0 Å². The van der Waals surface area contributed by atoms with Crippen LogP contribution in [0.15, 0.2) is 12.2 Å². The molecule has 1 radical (unpaired) electrons. The van der Waals surface area contributed by atoms with Crippen molar-refractivity contribution in [3.8, 4) is 0 Å². The van der Waals surface area contributed by atoms with E-state index in [0.717, 1.165) is 36.1 Å². The molecule has 0 aromatic carbocycles. The van der Waals surface area contributed by atoms with E-state index in [1.165, 1.54) is 76.2 Å². The van der Waals surface area contributed by atoms with Crippen molar-refractivity contribution in [1.82, 2.24) is 10.9 Å². The molecular formula is C32H55N2Y-. The first-order valence-corrected chi connectivity index (χ1v) is 14.8. The predicted molar refractivity (Wildman–Crippen MR) is 145 cm³/mol. The Kier molecular flexibility index (Phi) is 8.01. The van der Waals surface area contributed by atoms with Crippen LogP contribution in [0.2, 0.25) is 0 Å². The molecule has 5 aliphatic rings. The largest absolute Gasteiger partial charge is 0.323 e. The third-order valence-corrected chi connectivity index (χ3v) is 13.7. The van der Waals surface area contributed by atoms with Gasteiger partial charge in [0.25, 0.3) is 0 Å². The maximum Gasteiger partial charge on any atom is 0.0105 e. The van der Waals surface area contributed by atoms with E-state index in [1.807, 2.05) is 7.05 Å². The van der Waals surface area contributed by atoms with Crippen molar-refractivity contribution in [2.24, 2.45) is 56.7 Å². The quantitative estimate of drug-likeness (QED) is 0.155. The number of allylic oxidation sites excluding steroid dienone is 1. The van der Waals surface area contributed by atoms with Gasteiger partial charge in [-0.05, 0) is 111 Å².